The predicted molar refractivity (Wildman–Crippen MR) is 80.4 cm³/mol. The number of hydrogen-bond donors (Lipinski definition) is 1. The number of nitrogens with two attached hydrogens (primary N) is 1. The topological polar surface area (TPSA) is 38.9 Å². The molecule has 0 aliphatic heterocycles. The first-order valence-electron chi connectivity index (χ1n) is 6.11. The van der Waals surface area contributed by atoms with Crippen molar-refractivity contribution in [3.63, 3.8) is 0 Å². The smallest absolute Gasteiger partial charge is 0.180 e. The van der Waals surface area contributed by atoms with Crippen molar-refractivity contribution in [2.75, 3.05) is 5.73 Å². The zero-order chi connectivity index (χ0) is 13.0. The molecule has 0 saturated heterocycles. The van der Waals surface area contributed by atoms with Crippen LogP contribution in [0.3, 0.4) is 0 Å². The van der Waals surface area contributed by atoms with E-state index in [-0.39, 0.29) is 0 Å². The first-order chi connectivity index (χ1) is 8.63. The molecule has 1 aromatic heterocycles. The summed E-state index contributed by atoms with van der Waals surface area (Å²) in [5, 5.41) is 2.57. The number of nitrogen functional groups attached to an aromatic ring is 1. The largest absolute Gasteiger partial charge is 0.375 e. The lowest BCUT2D eigenvalue weighted by atomic mass is 10.0. The maximum atomic E-state index is 5.59. The molecule has 0 radical (unpaired) electrons. The Morgan fingerprint density at radius 3 is 2.50 bits per heavy atom. The fourth-order valence-corrected chi connectivity index (χ4v) is 2.33. The van der Waals surface area contributed by atoms with E-state index in [9.17, 15) is 0 Å². The molecule has 1 aromatic carbocycles. The predicted octanol–water partition coefficient (Wildman–Crippen LogP) is 4.09. The number of aromatic nitrogens is 1. The molecule has 0 aliphatic carbocycles. The lowest BCUT2D eigenvalue weighted by Gasteiger charge is -2.04. The van der Waals surface area contributed by atoms with Crippen LogP contribution in [-0.2, 0) is 6.42 Å². The third-order valence-corrected chi connectivity index (χ3v) is 3.30. The van der Waals surface area contributed by atoms with E-state index in [4.69, 9.17) is 5.73 Å². The molecule has 2 N–H and O–H groups in total. The highest BCUT2D eigenvalue weighted by molar-refractivity contribution is 7.13. The van der Waals surface area contributed by atoms with Gasteiger partial charge in [-0.25, -0.2) is 4.98 Å². The molecule has 0 amide bonds. The Balaban J connectivity index is 2.04. The second-order valence-corrected chi connectivity index (χ2v) is 5.67. The fraction of sp³-hybridized carbons (Fsp3) is 0.267. The van der Waals surface area contributed by atoms with E-state index >= 15 is 0 Å². The monoisotopic (exact) mass is 258 g/mol. The molecule has 94 valence electrons. The number of thiazole rings is 1. The number of hydrogen-bond acceptors (Lipinski definition) is 3. The van der Waals surface area contributed by atoms with Crippen molar-refractivity contribution < 1.29 is 0 Å². The van der Waals surface area contributed by atoms with E-state index in [1.807, 2.05) is 11.5 Å². The van der Waals surface area contributed by atoms with Crippen LogP contribution in [0.25, 0.3) is 12.2 Å². The number of nitrogens with zero attached hydrogens (tertiary/aromatic N) is 1. The fourth-order valence-electron chi connectivity index (χ4n) is 1.80. The Kier molecular flexibility index (Phi) is 4.15. The van der Waals surface area contributed by atoms with Crippen LogP contribution >= 0.6 is 11.3 Å². The summed E-state index contributed by atoms with van der Waals surface area (Å²) in [5.74, 6) is 0.698. The van der Waals surface area contributed by atoms with Crippen LogP contribution in [0.1, 0.15) is 30.7 Å². The quantitative estimate of drug-likeness (QED) is 0.897. The molecular weight excluding hydrogens is 240 g/mol. The van der Waals surface area contributed by atoms with Crippen LogP contribution in [0.15, 0.2) is 29.6 Å². The molecule has 2 nitrogen and oxygen atoms in total. The lowest BCUT2D eigenvalue weighted by Crippen LogP contribution is -1.93. The van der Waals surface area contributed by atoms with Crippen LogP contribution in [0.4, 0.5) is 5.13 Å². The van der Waals surface area contributed by atoms with Gasteiger partial charge in [0.25, 0.3) is 0 Å². The minimum absolute atomic E-state index is 0.613. The number of anilines is 1. The Labute approximate surface area is 112 Å². The maximum absolute atomic E-state index is 5.59. The third kappa shape index (κ3) is 3.70. The first-order valence-corrected chi connectivity index (χ1v) is 6.99. The SMILES string of the molecule is CC(C)Cc1ccc(C=Cc2csc(N)n2)cc1. The van der Waals surface area contributed by atoms with E-state index in [1.165, 1.54) is 22.5 Å². The van der Waals surface area contributed by atoms with E-state index in [1.54, 1.807) is 0 Å². The summed E-state index contributed by atoms with van der Waals surface area (Å²) in [5.41, 5.74) is 9.09. The normalized spacial score (nSPS) is 11.5. The Morgan fingerprint density at radius 1 is 1.22 bits per heavy atom. The third-order valence-electron chi connectivity index (χ3n) is 2.61. The molecule has 1 heterocycles. The zero-order valence-electron chi connectivity index (χ0n) is 10.8. The Morgan fingerprint density at radius 2 is 1.94 bits per heavy atom. The molecule has 0 saturated carbocycles. The summed E-state index contributed by atoms with van der Waals surface area (Å²) in [6, 6.07) is 8.66. The van der Waals surface area contributed by atoms with E-state index in [2.05, 4.69) is 49.2 Å². The average molecular weight is 258 g/mol. The van der Waals surface area contributed by atoms with Gasteiger partial charge in [-0.2, -0.15) is 0 Å². The average Bonchev–Trinajstić information content (AvgIpc) is 2.74. The van der Waals surface area contributed by atoms with Gasteiger partial charge in [0.2, 0.25) is 0 Å². The van der Waals surface area contributed by atoms with Crippen molar-refractivity contribution in [2.24, 2.45) is 5.92 Å². The van der Waals surface area contributed by atoms with Crippen molar-refractivity contribution in [1.82, 2.24) is 4.98 Å². The molecule has 0 spiro atoms. The van der Waals surface area contributed by atoms with E-state index in [0.717, 1.165) is 12.1 Å². The molecule has 18 heavy (non-hydrogen) atoms. The molecule has 0 fully saturated rings. The molecular formula is C15H18N2S. The van der Waals surface area contributed by atoms with Gasteiger partial charge < -0.3 is 5.73 Å². The highest BCUT2D eigenvalue weighted by Crippen LogP contribution is 2.15. The highest BCUT2D eigenvalue weighted by Gasteiger charge is 1.97. The molecule has 3 heteroatoms. The molecule has 2 rings (SSSR count). The molecule has 0 atom stereocenters. The number of benzene rings is 1. The van der Waals surface area contributed by atoms with E-state index in [0.29, 0.717) is 11.0 Å². The molecule has 0 aliphatic rings. The molecule has 2 aromatic rings. The van der Waals surface area contributed by atoms with Crippen LogP contribution in [0.5, 0.6) is 0 Å². The van der Waals surface area contributed by atoms with E-state index < -0.39 is 0 Å². The molecule has 0 unspecified atom stereocenters. The van der Waals surface area contributed by atoms with Crippen molar-refractivity contribution in [3.05, 3.63) is 46.5 Å². The van der Waals surface area contributed by atoms with Crippen LogP contribution in [0, 0.1) is 5.92 Å². The summed E-state index contributed by atoms with van der Waals surface area (Å²) in [7, 11) is 0. The summed E-state index contributed by atoms with van der Waals surface area (Å²) < 4.78 is 0. The molecule has 0 bridgehead atoms. The van der Waals surface area contributed by atoms with Crippen molar-refractivity contribution >= 4 is 28.6 Å². The number of rotatable bonds is 4. The highest BCUT2D eigenvalue weighted by atomic mass is 32.1. The second kappa shape index (κ2) is 5.83. The van der Waals surface area contributed by atoms with Crippen LogP contribution < -0.4 is 5.73 Å². The zero-order valence-corrected chi connectivity index (χ0v) is 11.6. The van der Waals surface area contributed by atoms with Crippen molar-refractivity contribution in [3.8, 4) is 0 Å². The minimum Gasteiger partial charge on any atom is -0.375 e. The standard InChI is InChI=1S/C15H18N2S/c1-11(2)9-13-5-3-12(4-6-13)7-8-14-10-18-15(16)17-14/h3-8,10-11H,9H2,1-2H3,(H2,16,17). The van der Waals surface area contributed by atoms with Gasteiger partial charge in [0, 0.05) is 5.38 Å². The van der Waals surface area contributed by atoms with Crippen molar-refractivity contribution in [1.29, 1.82) is 0 Å². The van der Waals surface area contributed by atoms with Gasteiger partial charge in [-0.1, -0.05) is 44.2 Å². The van der Waals surface area contributed by atoms with Gasteiger partial charge in [0.1, 0.15) is 0 Å². The van der Waals surface area contributed by atoms with Gasteiger partial charge in [0.05, 0.1) is 5.69 Å². The lowest BCUT2D eigenvalue weighted by molar-refractivity contribution is 0.647. The van der Waals surface area contributed by atoms with Gasteiger partial charge in [-0.3, -0.25) is 0 Å². The van der Waals surface area contributed by atoms with Crippen LogP contribution in [0.2, 0.25) is 0 Å². The Hall–Kier alpha value is -1.61. The summed E-state index contributed by atoms with van der Waals surface area (Å²) in [6.45, 7) is 4.47. The minimum atomic E-state index is 0.613. The summed E-state index contributed by atoms with van der Waals surface area (Å²) >= 11 is 1.46. The van der Waals surface area contributed by atoms with Gasteiger partial charge >= 0.3 is 0 Å². The van der Waals surface area contributed by atoms with Crippen molar-refractivity contribution in [2.45, 2.75) is 20.3 Å². The summed E-state index contributed by atoms with van der Waals surface area (Å²) in [6.07, 6.45) is 5.19. The Bertz CT molecular complexity index is 524. The summed E-state index contributed by atoms with van der Waals surface area (Å²) in [4.78, 5) is 4.19. The first kappa shape index (κ1) is 12.8. The van der Waals surface area contributed by atoms with Gasteiger partial charge in [-0.15, -0.1) is 11.3 Å². The second-order valence-electron chi connectivity index (χ2n) is 4.78. The van der Waals surface area contributed by atoms with Gasteiger partial charge in [-0.05, 0) is 29.5 Å². The van der Waals surface area contributed by atoms with Crippen LogP contribution in [-0.4, -0.2) is 4.98 Å². The van der Waals surface area contributed by atoms with Gasteiger partial charge in [0.15, 0.2) is 5.13 Å². The maximum Gasteiger partial charge on any atom is 0.180 e.